The molecule has 0 aromatic heterocycles. The van der Waals surface area contributed by atoms with Gasteiger partial charge in [-0.15, -0.1) is 0 Å². The molecule has 0 spiro atoms. The van der Waals surface area contributed by atoms with Gasteiger partial charge >= 0.3 is 5.97 Å². The van der Waals surface area contributed by atoms with Crippen molar-refractivity contribution in [3.05, 3.63) is 34.9 Å². The number of imide groups is 1. The van der Waals surface area contributed by atoms with Crippen molar-refractivity contribution in [2.24, 2.45) is 23.7 Å². The molecule has 2 aliphatic carbocycles. The molecule has 142 valence electrons. The zero-order valence-corrected chi connectivity index (χ0v) is 15.6. The highest BCUT2D eigenvalue weighted by Crippen LogP contribution is 2.56. The van der Waals surface area contributed by atoms with E-state index in [1.54, 1.807) is 24.3 Å². The normalized spacial score (nSPS) is 29.8. The zero-order chi connectivity index (χ0) is 19.3. The Morgan fingerprint density at radius 1 is 1.11 bits per heavy atom. The van der Waals surface area contributed by atoms with Crippen molar-refractivity contribution in [1.82, 2.24) is 4.90 Å². The molecule has 0 radical (unpaired) electrons. The second-order valence-corrected chi connectivity index (χ2v) is 8.08. The van der Waals surface area contributed by atoms with E-state index in [9.17, 15) is 19.2 Å². The second-order valence-electron chi connectivity index (χ2n) is 7.65. The summed E-state index contributed by atoms with van der Waals surface area (Å²) < 4.78 is 5.08. The van der Waals surface area contributed by atoms with E-state index in [0.717, 1.165) is 24.2 Å². The van der Waals surface area contributed by atoms with E-state index in [1.807, 2.05) is 0 Å². The minimum Gasteiger partial charge on any atom is -0.456 e. The lowest BCUT2D eigenvalue weighted by atomic mass is 9.81. The van der Waals surface area contributed by atoms with Crippen LogP contribution in [0.15, 0.2) is 24.3 Å². The van der Waals surface area contributed by atoms with Gasteiger partial charge in [-0.2, -0.15) is 0 Å². The topological polar surface area (TPSA) is 80.8 Å². The average Bonchev–Trinajstić information content (AvgIpc) is 3.33. The number of benzene rings is 1. The van der Waals surface area contributed by atoms with Crippen molar-refractivity contribution < 1.29 is 23.9 Å². The van der Waals surface area contributed by atoms with Crippen molar-refractivity contribution in [2.75, 3.05) is 6.61 Å². The van der Waals surface area contributed by atoms with Crippen LogP contribution in [0.4, 0.5) is 0 Å². The number of Topliss-reactive ketones (excluding diaryl/α,β-unsaturated/α-hetero) is 1. The number of halogens is 1. The smallest absolute Gasteiger partial charge is 0.329 e. The Hall–Kier alpha value is -2.21. The number of rotatable bonds is 5. The molecule has 5 atom stereocenters. The molecule has 3 fully saturated rings. The molecule has 1 aromatic carbocycles. The van der Waals surface area contributed by atoms with Crippen LogP contribution in [-0.2, 0) is 19.1 Å². The van der Waals surface area contributed by atoms with Crippen molar-refractivity contribution in [1.29, 1.82) is 0 Å². The summed E-state index contributed by atoms with van der Waals surface area (Å²) in [5.74, 6) is -1.67. The Kier molecular flexibility index (Phi) is 4.54. The van der Waals surface area contributed by atoms with Crippen molar-refractivity contribution in [3.8, 4) is 0 Å². The number of hydrogen-bond donors (Lipinski definition) is 0. The number of esters is 1. The first-order valence-corrected chi connectivity index (χ1v) is 9.58. The van der Waals surface area contributed by atoms with Gasteiger partial charge in [0.15, 0.2) is 12.4 Å². The van der Waals surface area contributed by atoms with Gasteiger partial charge in [0, 0.05) is 10.6 Å². The molecular formula is C20H20ClNO5. The molecule has 1 aromatic rings. The molecule has 4 rings (SSSR count). The monoisotopic (exact) mass is 389 g/mol. The first kappa shape index (κ1) is 18.2. The summed E-state index contributed by atoms with van der Waals surface area (Å²) in [7, 11) is 0. The summed E-state index contributed by atoms with van der Waals surface area (Å²) in [6, 6.07) is 5.23. The summed E-state index contributed by atoms with van der Waals surface area (Å²) in [4.78, 5) is 51.0. The van der Waals surface area contributed by atoms with Gasteiger partial charge in [0.1, 0.15) is 6.04 Å². The number of carbonyl (C=O) groups is 4. The molecule has 7 heteroatoms. The van der Waals surface area contributed by atoms with E-state index < -0.39 is 18.6 Å². The number of ketones is 1. The molecule has 3 aliphatic rings. The molecule has 1 saturated heterocycles. The van der Waals surface area contributed by atoms with E-state index >= 15 is 0 Å². The standard InChI is InChI=1S/C20H20ClNO5/c1-10(20(26)27-9-15(23)11-4-6-14(21)7-5-11)22-18(24)16-12-2-3-13(8-12)17(16)19(22)25/h4-7,10,12-13,16-17H,2-3,8-9H2,1H3/t10-,12+,13+,16+,17+/m1/s1. The number of hydrogen-bond acceptors (Lipinski definition) is 5. The fourth-order valence-electron chi connectivity index (χ4n) is 4.90. The van der Waals surface area contributed by atoms with Crippen LogP contribution in [0.25, 0.3) is 0 Å². The minimum absolute atomic E-state index is 0.259. The molecule has 0 N–H and O–H groups in total. The maximum absolute atomic E-state index is 12.7. The third-order valence-electron chi connectivity index (χ3n) is 6.20. The summed E-state index contributed by atoms with van der Waals surface area (Å²) in [5, 5.41) is 0.503. The van der Waals surface area contributed by atoms with Crippen molar-refractivity contribution >= 4 is 35.2 Å². The van der Waals surface area contributed by atoms with E-state index in [4.69, 9.17) is 16.3 Å². The maximum atomic E-state index is 12.7. The van der Waals surface area contributed by atoms with E-state index in [2.05, 4.69) is 0 Å². The zero-order valence-electron chi connectivity index (χ0n) is 14.9. The first-order chi connectivity index (χ1) is 12.9. The van der Waals surface area contributed by atoms with Crippen molar-refractivity contribution in [3.63, 3.8) is 0 Å². The largest absolute Gasteiger partial charge is 0.456 e. The molecule has 1 heterocycles. The number of amides is 2. The van der Waals surface area contributed by atoms with Gasteiger partial charge in [-0.05, 0) is 62.3 Å². The number of carbonyl (C=O) groups excluding carboxylic acids is 4. The minimum atomic E-state index is -1.02. The quantitative estimate of drug-likeness (QED) is 0.439. The van der Waals surface area contributed by atoms with Gasteiger partial charge in [0.2, 0.25) is 11.8 Å². The van der Waals surface area contributed by atoms with Gasteiger partial charge in [0.05, 0.1) is 11.8 Å². The van der Waals surface area contributed by atoms with E-state index in [-0.39, 0.29) is 41.3 Å². The molecule has 2 bridgehead atoms. The highest BCUT2D eigenvalue weighted by Gasteiger charge is 2.62. The van der Waals surface area contributed by atoms with Crippen LogP contribution in [0.3, 0.4) is 0 Å². The summed E-state index contributed by atoms with van der Waals surface area (Å²) in [5.41, 5.74) is 0.374. The molecule has 1 aliphatic heterocycles. The predicted molar refractivity (Wildman–Crippen MR) is 95.9 cm³/mol. The molecule has 2 saturated carbocycles. The van der Waals surface area contributed by atoms with Crippen LogP contribution in [0.5, 0.6) is 0 Å². The second kappa shape index (κ2) is 6.75. The van der Waals surface area contributed by atoms with Gasteiger partial charge in [-0.25, -0.2) is 4.79 Å². The fourth-order valence-corrected chi connectivity index (χ4v) is 5.02. The first-order valence-electron chi connectivity index (χ1n) is 9.20. The molecule has 27 heavy (non-hydrogen) atoms. The average molecular weight is 390 g/mol. The highest BCUT2D eigenvalue weighted by atomic mass is 35.5. The molecular weight excluding hydrogens is 370 g/mol. The van der Waals surface area contributed by atoms with Gasteiger partial charge < -0.3 is 4.74 Å². The van der Waals surface area contributed by atoms with E-state index in [0.29, 0.717) is 10.6 Å². The van der Waals surface area contributed by atoms with Crippen LogP contribution in [-0.4, -0.2) is 41.1 Å². The lowest BCUT2D eigenvalue weighted by molar-refractivity contribution is -0.157. The SMILES string of the molecule is C[C@H](C(=O)OCC(=O)c1ccc(Cl)cc1)N1C(=O)[C@H]2[C@H]3CC[C@@H](C3)[C@@H]2C1=O. The predicted octanol–water partition coefficient (Wildman–Crippen LogP) is 2.49. The van der Waals surface area contributed by atoms with Gasteiger partial charge in [-0.3, -0.25) is 19.3 Å². The summed E-state index contributed by atoms with van der Waals surface area (Å²) >= 11 is 5.78. The maximum Gasteiger partial charge on any atom is 0.329 e. The lowest BCUT2D eigenvalue weighted by Crippen LogP contribution is -2.45. The lowest BCUT2D eigenvalue weighted by Gasteiger charge is -2.22. The van der Waals surface area contributed by atoms with Crippen LogP contribution in [0.1, 0.15) is 36.5 Å². The van der Waals surface area contributed by atoms with Crippen LogP contribution in [0, 0.1) is 23.7 Å². The van der Waals surface area contributed by atoms with Gasteiger partial charge in [-0.1, -0.05) is 11.6 Å². The third kappa shape index (κ3) is 2.96. The highest BCUT2D eigenvalue weighted by molar-refractivity contribution is 6.30. The molecule has 0 unspecified atom stereocenters. The fraction of sp³-hybridized carbons (Fsp3) is 0.500. The van der Waals surface area contributed by atoms with Gasteiger partial charge in [0.25, 0.3) is 0 Å². The summed E-state index contributed by atoms with van der Waals surface area (Å²) in [6.45, 7) is 1.03. The van der Waals surface area contributed by atoms with Crippen LogP contribution in [0.2, 0.25) is 5.02 Å². The van der Waals surface area contributed by atoms with Crippen LogP contribution < -0.4 is 0 Å². The summed E-state index contributed by atoms with van der Waals surface area (Å²) in [6.07, 6.45) is 2.90. The Labute approximate surface area is 161 Å². The Balaban J connectivity index is 1.39. The van der Waals surface area contributed by atoms with E-state index in [1.165, 1.54) is 6.92 Å². The Bertz CT molecular complexity index is 792. The molecule has 6 nitrogen and oxygen atoms in total. The number of ether oxygens (including phenoxy) is 1. The Morgan fingerprint density at radius 3 is 2.22 bits per heavy atom. The Morgan fingerprint density at radius 2 is 1.67 bits per heavy atom. The van der Waals surface area contributed by atoms with Crippen LogP contribution >= 0.6 is 11.6 Å². The number of fused-ring (bicyclic) bond motifs is 5. The number of nitrogens with zero attached hydrogens (tertiary/aromatic N) is 1. The van der Waals surface area contributed by atoms with Crippen molar-refractivity contribution in [2.45, 2.75) is 32.2 Å². The molecule has 2 amide bonds. The number of likely N-dealkylation sites (tertiary alicyclic amines) is 1. The third-order valence-corrected chi connectivity index (χ3v) is 6.45.